The molecule has 3 unspecified atom stereocenters. The lowest BCUT2D eigenvalue weighted by molar-refractivity contribution is -0.870. The molecule has 0 aliphatic carbocycles. The molecular weight excluding hydrogens is 1100 g/mol. The maximum Gasteiger partial charge on any atom is 0.472 e. The van der Waals surface area contributed by atoms with Crippen molar-refractivity contribution in [2.45, 2.75) is 398 Å². The van der Waals surface area contributed by atoms with Crippen LogP contribution in [0.5, 0.6) is 0 Å². The summed E-state index contributed by atoms with van der Waals surface area (Å²) in [6.07, 6.45) is 97.0. The van der Waals surface area contributed by atoms with Crippen molar-refractivity contribution in [3.63, 3.8) is 0 Å². The summed E-state index contributed by atoms with van der Waals surface area (Å²) in [7, 11) is 1.57. The number of aliphatic hydroxyl groups is 1. The number of phosphoric ester groups is 1. The van der Waals surface area contributed by atoms with Crippen LogP contribution >= 0.6 is 7.82 Å². The predicted molar refractivity (Wildman–Crippen MR) is 387 cm³/mol. The summed E-state index contributed by atoms with van der Waals surface area (Å²) < 4.78 is 23.8. The van der Waals surface area contributed by atoms with Gasteiger partial charge in [0.2, 0.25) is 5.91 Å². The average molecular weight is 1260 g/mol. The number of rotatable bonds is 72. The first kappa shape index (κ1) is 86.2. The van der Waals surface area contributed by atoms with Gasteiger partial charge in [0, 0.05) is 6.42 Å². The number of unbranched alkanes of at least 4 members (excludes halogenated alkanes) is 51. The number of nitrogens with one attached hydrogen (secondary N) is 1. The number of carbonyl (C=O) groups excluding carboxylic acids is 1. The van der Waals surface area contributed by atoms with E-state index in [-0.39, 0.29) is 19.1 Å². The summed E-state index contributed by atoms with van der Waals surface area (Å²) >= 11 is 0. The molecule has 0 radical (unpaired) electrons. The van der Waals surface area contributed by atoms with Gasteiger partial charge in [0.25, 0.3) is 0 Å². The third kappa shape index (κ3) is 71.6. The minimum absolute atomic E-state index is 0.0572. The number of carbonyl (C=O) groups is 1. The van der Waals surface area contributed by atoms with Gasteiger partial charge in [-0.3, -0.25) is 13.8 Å². The van der Waals surface area contributed by atoms with Crippen LogP contribution in [0.1, 0.15) is 386 Å². The molecule has 518 valence electrons. The van der Waals surface area contributed by atoms with Crippen LogP contribution in [0.3, 0.4) is 0 Å². The molecule has 0 spiro atoms. The number of aliphatic hydroxyl groups excluding tert-OH is 1. The fourth-order valence-corrected chi connectivity index (χ4v) is 12.5. The van der Waals surface area contributed by atoms with Gasteiger partial charge < -0.3 is 19.8 Å². The quantitative estimate of drug-likeness (QED) is 0.0243. The molecular formula is C79H152N2O6P+. The average Bonchev–Trinajstić information content (AvgIpc) is 3.70. The third-order valence-corrected chi connectivity index (χ3v) is 18.7. The molecule has 3 atom stereocenters. The molecule has 0 aromatic carbocycles. The predicted octanol–water partition coefficient (Wildman–Crippen LogP) is 25.1. The van der Waals surface area contributed by atoms with Crippen molar-refractivity contribution in [3.8, 4) is 0 Å². The maximum atomic E-state index is 13.1. The first-order chi connectivity index (χ1) is 43.0. The molecule has 9 heteroatoms. The molecule has 0 heterocycles. The zero-order chi connectivity index (χ0) is 64.1. The Hall–Kier alpha value is -1.80. The van der Waals surface area contributed by atoms with Gasteiger partial charge in [0.1, 0.15) is 13.2 Å². The summed E-state index contributed by atoms with van der Waals surface area (Å²) in [4.78, 5) is 23.5. The molecule has 0 saturated carbocycles. The molecule has 0 saturated heterocycles. The number of amides is 1. The van der Waals surface area contributed by atoms with Crippen LogP contribution in [0.2, 0.25) is 0 Å². The molecule has 0 aromatic heterocycles. The van der Waals surface area contributed by atoms with E-state index in [2.05, 4.69) is 67.8 Å². The minimum Gasteiger partial charge on any atom is -0.387 e. The molecule has 8 nitrogen and oxygen atoms in total. The fraction of sp³-hybridized carbons (Fsp3) is 0.861. The Morgan fingerprint density at radius 3 is 0.989 bits per heavy atom. The highest BCUT2D eigenvalue weighted by atomic mass is 31.2. The Morgan fingerprint density at radius 2 is 0.659 bits per heavy atom. The Bertz CT molecular complexity index is 1620. The van der Waals surface area contributed by atoms with Crippen molar-refractivity contribution in [1.82, 2.24) is 5.32 Å². The van der Waals surface area contributed by atoms with E-state index in [1.54, 1.807) is 6.08 Å². The van der Waals surface area contributed by atoms with Crippen LogP contribution in [0.25, 0.3) is 0 Å². The second-order valence-corrected chi connectivity index (χ2v) is 29.2. The first-order valence-corrected chi connectivity index (χ1v) is 40.2. The van der Waals surface area contributed by atoms with Gasteiger partial charge in [-0.15, -0.1) is 0 Å². The van der Waals surface area contributed by atoms with E-state index in [9.17, 15) is 19.4 Å². The lowest BCUT2D eigenvalue weighted by atomic mass is 10.0. The molecule has 0 bridgehead atoms. The minimum atomic E-state index is -4.36. The smallest absolute Gasteiger partial charge is 0.387 e. The van der Waals surface area contributed by atoms with E-state index < -0.39 is 20.0 Å². The summed E-state index contributed by atoms with van der Waals surface area (Å²) in [6.45, 7) is 4.84. The van der Waals surface area contributed by atoms with Crippen LogP contribution in [-0.4, -0.2) is 73.4 Å². The number of hydrogen-bond acceptors (Lipinski definition) is 5. The molecule has 0 aliphatic heterocycles. The normalized spacial score (nSPS) is 13.9. The van der Waals surface area contributed by atoms with E-state index in [0.717, 1.165) is 51.4 Å². The topological polar surface area (TPSA) is 105 Å². The van der Waals surface area contributed by atoms with E-state index in [4.69, 9.17) is 9.05 Å². The molecule has 0 rings (SSSR count). The van der Waals surface area contributed by atoms with Crippen LogP contribution < -0.4 is 5.32 Å². The standard InChI is InChI=1S/C79H151N2O6P/c1-6-8-10-12-14-16-18-20-22-24-26-28-30-32-34-35-36-37-38-39-40-41-42-43-44-45-47-49-51-53-55-57-59-61-63-65-67-69-71-73-79(83)80-77(76-87-88(84,85)86-75-74-81(3,4)5)78(82)72-70-68-66-64-62-60-58-56-54-52-50-48-46-33-31-29-27-25-23-21-19-17-15-13-11-9-7-2/h18,20,24,26,30,32,62,64,70,72,77-78,82H,6-17,19,21-23,25,27-29,31,33-61,63,65-69,71,73-76H2,1-5H3,(H-,80,83,84,85)/p+1/b20-18-,26-24-,32-30-,64-62+,72-70+. The highest BCUT2D eigenvalue weighted by Crippen LogP contribution is 2.43. The van der Waals surface area contributed by atoms with Gasteiger partial charge >= 0.3 is 7.82 Å². The van der Waals surface area contributed by atoms with Crippen LogP contribution in [0.15, 0.2) is 60.8 Å². The first-order valence-electron chi connectivity index (χ1n) is 38.7. The van der Waals surface area contributed by atoms with Gasteiger partial charge in [-0.25, -0.2) is 4.57 Å². The second-order valence-electron chi connectivity index (χ2n) is 27.7. The van der Waals surface area contributed by atoms with Crippen molar-refractivity contribution < 1.29 is 32.9 Å². The van der Waals surface area contributed by atoms with Crippen LogP contribution in [-0.2, 0) is 18.4 Å². The van der Waals surface area contributed by atoms with Crippen LogP contribution in [0.4, 0.5) is 0 Å². The molecule has 88 heavy (non-hydrogen) atoms. The van der Waals surface area contributed by atoms with Crippen molar-refractivity contribution in [2.24, 2.45) is 0 Å². The Labute approximate surface area is 549 Å². The number of quaternary nitrogens is 1. The van der Waals surface area contributed by atoms with E-state index >= 15 is 0 Å². The SMILES string of the molecule is CCCCCCC/C=C\C/C=C\C/C=C\CCCCCCCCCCCCCCCCCCCCCCCCCCC(=O)NC(COP(=O)(O)OCC[N+](C)(C)C)C(O)/C=C/CC/C=C/CCCCCCCCCCCCCCCCCCCCCCC. The summed E-state index contributed by atoms with van der Waals surface area (Å²) in [5.41, 5.74) is 0. The van der Waals surface area contributed by atoms with Crippen molar-refractivity contribution in [1.29, 1.82) is 0 Å². The zero-order valence-electron chi connectivity index (χ0n) is 59.5. The van der Waals surface area contributed by atoms with Crippen LogP contribution in [0, 0.1) is 0 Å². The number of hydrogen-bond donors (Lipinski definition) is 3. The van der Waals surface area contributed by atoms with E-state index in [0.29, 0.717) is 17.4 Å². The highest BCUT2D eigenvalue weighted by Gasteiger charge is 2.28. The Morgan fingerprint density at radius 1 is 0.386 bits per heavy atom. The molecule has 0 aliphatic rings. The maximum absolute atomic E-state index is 13.1. The third-order valence-electron chi connectivity index (χ3n) is 17.7. The lowest BCUT2D eigenvalue weighted by Crippen LogP contribution is -2.45. The van der Waals surface area contributed by atoms with Crippen molar-refractivity contribution >= 4 is 13.7 Å². The molecule has 0 aromatic rings. The molecule has 1 amide bonds. The van der Waals surface area contributed by atoms with E-state index in [1.807, 2.05) is 27.2 Å². The largest absolute Gasteiger partial charge is 0.472 e. The second kappa shape index (κ2) is 69.5. The van der Waals surface area contributed by atoms with Crippen molar-refractivity contribution in [3.05, 3.63) is 60.8 Å². The molecule has 0 fully saturated rings. The molecule has 3 N–H and O–H groups in total. The van der Waals surface area contributed by atoms with E-state index in [1.165, 1.54) is 315 Å². The van der Waals surface area contributed by atoms with Gasteiger partial charge in [-0.1, -0.05) is 370 Å². The summed E-state index contributed by atoms with van der Waals surface area (Å²) in [5, 5.41) is 14.0. The number of allylic oxidation sites excluding steroid dienone is 9. The zero-order valence-corrected chi connectivity index (χ0v) is 60.4. The summed E-state index contributed by atoms with van der Waals surface area (Å²) in [5.74, 6) is -0.179. The Balaban J connectivity index is 3.98. The monoisotopic (exact) mass is 1260 g/mol. The fourth-order valence-electron chi connectivity index (χ4n) is 11.7. The highest BCUT2D eigenvalue weighted by molar-refractivity contribution is 7.47. The van der Waals surface area contributed by atoms with Gasteiger partial charge in [0.05, 0.1) is 39.9 Å². The number of phosphoric acid groups is 1. The number of likely N-dealkylation sites (N-methyl/N-ethyl adjacent to an activating group) is 1. The lowest BCUT2D eigenvalue weighted by Gasteiger charge is -2.25. The summed E-state index contributed by atoms with van der Waals surface area (Å²) in [6, 6.07) is -0.865. The Kier molecular flexibility index (Phi) is 68.1. The van der Waals surface area contributed by atoms with Gasteiger partial charge in [0.15, 0.2) is 0 Å². The van der Waals surface area contributed by atoms with Crippen molar-refractivity contribution in [2.75, 3.05) is 40.9 Å². The number of nitrogens with zero attached hydrogens (tertiary/aromatic N) is 1. The van der Waals surface area contributed by atoms with Gasteiger partial charge in [-0.2, -0.15) is 0 Å². The van der Waals surface area contributed by atoms with Gasteiger partial charge in [-0.05, 0) is 70.6 Å².